The van der Waals surface area contributed by atoms with Crippen molar-refractivity contribution in [3.63, 3.8) is 0 Å². The summed E-state index contributed by atoms with van der Waals surface area (Å²) in [6.45, 7) is 4.56. The van der Waals surface area contributed by atoms with E-state index >= 15 is 0 Å². The van der Waals surface area contributed by atoms with E-state index in [1.807, 2.05) is 0 Å². The normalized spacial score (nSPS) is 33.1. The first kappa shape index (κ1) is 18.6. The molecule has 1 aromatic rings. The summed E-state index contributed by atoms with van der Waals surface area (Å²) in [5, 5.41) is 7.12. The van der Waals surface area contributed by atoms with Crippen molar-refractivity contribution < 1.29 is 9.59 Å². The van der Waals surface area contributed by atoms with Crippen LogP contribution in [0.5, 0.6) is 0 Å². The van der Waals surface area contributed by atoms with Gasteiger partial charge in [-0.1, -0.05) is 6.92 Å². The highest BCUT2D eigenvalue weighted by Gasteiger charge is 2.61. The molecule has 2 unspecified atom stereocenters. The summed E-state index contributed by atoms with van der Waals surface area (Å²) in [7, 11) is 2.12. The molecule has 152 valence electrons. The number of nitrogens with one attached hydrogen (secondary N) is 2. The average molecular weight is 402 g/mol. The van der Waals surface area contributed by atoms with E-state index in [1.54, 1.807) is 11.3 Å². The summed E-state index contributed by atoms with van der Waals surface area (Å²) < 4.78 is 0. The monoisotopic (exact) mass is 401 g/mol. The second-order valence-corrected chi connectivity index (χ2v) is 10.7. The first-order valence-electron chi connectivity index (χ1n) is 10.9. The molecule has 6 heteroatoms. The number of anilines is 1. The molecule has 5 nitrogen and oxygen atoms in total. The van der Waals surface area contributed by atoms with Gasteiger partial charge in [0.1, 0.15) is 5.00 Å². The van der Waals surface area contributed by atoms with E-state index in [-0.39, 0.29) is 17.2 Å². The van der Waals surface area contributed by atoms with E-state index in [4.69, 9.17) is 0 Å². The molecule has 2 N–H and O–H groups in total. The van der Waals surface area contributed by atoms with Crippen LogP contribution in [0.4, 0.5) is 5.00 Å². The number of likely N-dealkylation sites (N-methyl/N-ethyl adjacent to an activating group) is 1. The van der Waals surface area contributed by atoms with Crippen LogP contribution in [0.3, 0.4) is 0 Å². The predicted molar refractivity (Wildman–Crippen MR) is 112 cm³/mol. The second kappa shape index (κ2) is 6.84. The Balaban J connectivity index is 1.44. The van der Waals surface area contributed by atoms with Gasteiger partial charge in [0.05, 0.1) is 11.0 Å². The standard InChI is InChI=1S/C22H31N3O2S/c1-3-5-23-19(26)18-16-4-6-25(2)12-17(16)28-20(18)24-21(27)22-10-13-7-14(11-22)9-15(22)8-13/h13-15H,3-12H2,1-2H3,(H,23,26)(H,24,27). The number of hydrogen-bond acceptors (Lipinski definition) is 4. The summed E-state index contributed by atoms with van der Waals surface area (Å²) in [4.78, 5) is 30.0. The summed E-state index contributed by atoms with van der Waals surface area (Å²) in [5.74, 6) is 2.24. The number of hydrogen-bond donors (Lipinski definition) is 2. The molecule has 4 fully saturated rings. The van der Waals surface area contributed by atoms with Gasteiger partial charge in [-0.25, -0.2) is 0 Å². The lowest BCUT2D eigenvalue weighted by atomic mass is 9.75. The first-order chi connectivity index (χ1) is 13.5. The van der Waals surface area contributed by atoms with E-state index in [2.05, 4.69) is 29.5 Å². The van der Waals surface area contributed by atoms with Crippen LogP contribution in [-0.2, 0) is 17.8 Å². The van der Waals surface area contributed by atoms with Gasteiger partial charge < -0.3 is 15.5 Å². The molecule has 4 aliphatic carbocycles. The number of nitrogens with zero attached hydrogens (tertiary/aromatic N) is 1. The summed E-state index contributed by atoms with van der Waals surface area (Å²) in [6, 6.07) is 0. The molecule has 2 heterocycles. The third-order valence-electron chi connectivity index (χ3n) is 7.68. The van der Waals surface area contributed by atoms with Crippen molar-refractivity contribution in [2.75, 3.05) is 25.5 Å². The third-order valence-corrected chi connectivity index (χ3v) is 8.81. The van der Waals surface area contributed by atoms with Crippen molar-refractivity contribution in [2.24, 2.45) is 23.2 Å². The van der Waals surface area contributed by atoms with Gasteiger partial charge in [0.2, 0.25) is 5.91 Å². The highest BCUT2D eigenvalue weighted by molar-refractivity contribution is 7.17. The number of rotatable bonds is 5. The Morgan fingerprint density at radius 3 is 2.68 bits per heavy atom. The number of fused-ring (bicyclic) bond motifs is 1. The molecule has 2 amide bonds. The molecule has 0 aromatic carbocycles. The van der Waals surface area contributed by atoms with Gasteiger partial charge in [0.25, 0.3) is 5.91 Å². The molecule has 0 radical (unpaired) electrons. The number of carbonyl (C=O) groups is 2. The van der Waals surface area contributed by atoms with Gasteiger partial charge in [0, 0.05) is 24.5 Å². The quantitative estimate of drug-likeness (QED) is 0.792. The minimum absolute atomic E-state index is 0.0195. The maximum atomic E-state index is 13.5. The van der Waals surface area contributed by atoms with Crippen molar-refractivity contribution in [1.82, 2.24) is 10.2 Å². The Bertz CT molecular complexity index is 803. The molecule has 1 aliphatic heterocycles. The highest BCUT2D eigenvalue weighted by atomic mass is 32.1. The fourth-order valence-electron chi connectivity index (χ4n) is 6.58. The third kappa shape index (κ3) is 2.83. The summed E-state index contributed by atoms with van der Waals surface area (Å²) >= 11 is 1.62. The Hall–Kier alpha value is -1.40. The topological polar surface area (TPSA) is 61.4 Å². The lowest BCUT2D eigenvalue weighted by Crippen LogP contribution is -2.37. The molecule has 0 spiro atoms. The van der Waals surface area contributed by atoms with Gasteiger partial charge in [-0.2, -0.15) is 0 Å². The zero-order chi connectivity index (χ0) is 19.5. The predicted octanol–water partition coefficient (Wildman–Crippen LogP) is 3.64. The molecule has 4 saturated carbocycles. The van der Waals surface area contributed by atoms with Crippen molar-refractivity contribution in [3.05, 3.63) is 16.0 Å². The lowest BCUT2D eigenvalue weighted by molar-refractivity contribution is -0.127. The van der Waals surface area contributed by atoms with Gasteiger partial charge in [-0.15, -0.1) is 11.3 Å². The van der Waals surface area contributed by atoms with Gasteiger partial charge in [0.15, 0.2) is 0 Å². The van der Waals surface area contributed by atoms with Crippen LogP contribution in [-0.4, -0.2) is 36.9 Å². The van der Waals surface area contributed by atoms with E-state index < -0.39 is 0 Å². The molecule has 0 saturated heterocycles. The van der Waals surface area contributed by atoms with Crippen LogP contribution in [0.25, 0.3) is 0 Å². The van der Waals surface area contributed by atoms with E-state index in [1.165, 1.54) is 24.1 Å². The Morgan fingerprint density at radius 2 is 1.96 bits per heavy atom. The van der Waals surface area contributed by atoms with E-state index in [9.17, 15) is 9.59 Å². The Morgan fingerprint density at radius 1 is 1.21 bits per heavy atom. The molecular weight excluding hydrogens is 370 g/mol. The number of thiophene rings is 1. The molecule has 1 aromatic heterocycles. The van der Waals surface area contributed by atoms with E-state index in [0.29, 0.717) is 12.5 Å². The van der Waals surface area contributed by atoms with Crippen LogP contribution in [0, 0.1) is 23.2 Å². The maximum Gasteiger partial charge on any atom is 0.254 e. The van der Waals surface area contributed by atoms with Crippen LogP contribution in [0.2, 0.25) is 0 Å². The highest BCUT2D eigenvalue weighted by Crippen LogP contribution is 2.65. The van der Waals surface area contributed by atoms with E-state index in [0.717, 1.165) is 66.7 Å². The van der Waals surface area contributed by atoms with Gasteiger partial charge in [-0.05, 0) is 75.3 Å². The van der Waals surface area contributed by atoms with Crippen LogP contribution < -0.4 is 10.6 Å². The molecule has 4 bridgehead atoms. The Labute approximate surface area is 171 Å². The largest absolute Gasteiger partial charge is 0.352 e. The first-order valence-corrected chi connectivity index (χ1v) is 11.7. The van der Waals surface area contributed by atoms with Crippen molar-refractivity contribution in [3.8, 4) is 0 Å². The lowest BCUT2D eigenvalue weighted by Gasteiger charge is -2.31. The summed E-state index contributed by atoms with van der Waals surface area (Å²) in [5.41, 5.74) is 1.73. The molecular formula is C22H31N3O2S. The fraction of sp³-hybridized carbons (Fsp3) is 0.727. The minimum atomic E-state index is -0.161. The van der Waals surface area contributed by atoms with Gasteiger partial charge in [-0.3, -0.25) is 9.59 Å². The molecule has 28 heavy (non-hydrogen) atoms. The Kier molecular flexibility index (Phi) is 4.55. The summed E-state index contributed by atoms with van der Waals surface area (Å²) in [6.07, 6.45) is 7.71. The van der Waals surface area contributed by atoms with Crippen molar-refractivity contribution >= 4 is 28.2 Å². The zero-order valence-corrected chi connectivity index (χ0v) is 17.8. The zero-order valence-electron chi connectivity index (χ0n) is 17.0. The van der Waals surface area contributed by atoms with Crippen LogP contribution >= 0.6 is 11.3 Å². The maximum absolute atomic E-state index is 13.5. The minimum Gasteiger partial charge on any atom is -0.352 e. The fourth-order valence-corrected chi connectivity index (χ4v) is 7.90. The SMILES string of the molecule is CCCNC(=O)c1c(NC(=O)C23CC4CC(CC2C4)C3)sc2c1CCN(C)C2. The van der Waals surface area contributed by atoms with Crippen molar-refractivity contribution in [2.45, 2.75) is 58.4 Å². The molecule has 2 atom stereocenters. The molecule has 5 aliphatic rings. The number of amides is 2. The molecule has 6 rings (SSSR count). The van der Waals surface area contributed by atoms with Crippen LogP contribution in [0.1, 0.15) is 66.2 Å². The van der Waals surface area contributed by atoms with Crippen LogP contribution in [0.15, 0.2) is 0 Å². The van der Waals surface area contributed by atoms with Gasteiger partial charge >= 0.3 is 0 Å². The smallest absolute Gasteiger partial charge is 0.254 e. The second-order valence-electron chi connectivity index (χ2n) is 9.61. The number of carbonyl (C=O) groups excluding carboxylic acids is 2. The average Bonchev–Trinajstić information content (AvgIpc) is 3.22. The van der Waals surface area contributed by atoms with Crippen molar-refractivity contribution in [1.29, 1.82) is 0 Å².